The minimum Gasteiger partial charge on any atom is -0.198 e. The van der Waals surface area contributed by atoms with Crippen LogP contribution in [0.2, 0.25) is 0 Å². The van der Waals surface area contributed by atoms with Gasteiger partial charge in [0, 0.05) is 17.8 Å². The molecule has 6 aliphatic rings. The molecule has 2 nitrogen and oxygen atoms in total. The summed E-state index contributed by atoms with van der Waals surface area (Å²) in [5.74, 6) is 3.02. The second-order valence-electron chi connectivity index (χ2n) is 6.78. The van der Waals surface area contributed by atoms with Crippen molar-refractivity contribution < 1.29 is 0 Å². The van der Waals surface area contributed by atoms with E-state index in [1.807, 2.05) is 0 Å². The van der Waals surface area contributed by atoms with Crippen molar-refractivity contribution in [2.45, 2.75) is 11.8 Å². The number of benzene rings is 1. The Balaban J connectivity index is 1.71. The quantitative estimate of drug-likeness (QED) is 0.687. The van der Waals surface area contributed by atoms with E-state index in [1.54, 1.807) is 0 Å². The summed E-state index contributed by atoms with van der Waals surface area (Å²) in [7, 11) is 0. The third-order valence-electron chi connectivity index (χ3n) is 7.13. The van der Waals surface area contributed by atoms with E-state index in [9.17, 15) is 10.5 Å². The monoisotopic (exact) mass is 230 g/mol. The standard InChI is InChI=1S/C16H10N2/c17-5-15-11-8-4-2-1-3-7(8)9-12-10(11)14(15)16(12,6-18)13(9)15/h1-4,9-14H. The van der Waals surface area contributed by atoms with Gasteiger partial charge in [-0.25, -0.2) is 0 Å². The third-order valence-corrected chi connectivity index (χ3v) is 7.13. The molecule has 0 spiro atoms. The summed E-state index contributed by atoms with van der Waals surface area (Å²) in [4.78, 5) is 0. The van der Waals surface area contributed by atoms with Crippen molar-refractivity contribution in [1.82, 2.24) is 0 Å². The van der Waals surface area contributed by atoms with Crippen LogP contribution in [0.4, 0.5) is 0 Å². The van der Waals surface area contributed by atoms with E-state index in [-0.39, 0.29) is 10.8 Å². The first kappa shape index (κ1) is 8.33. The zero-order valence-corrected chi connectivity index (χ0v) is 9.67. The fourth-order valence-corrected chi connectivity index (χ4v) is 7.10. The SMILES string of the molecule is N#CC12C3c4ccccc4C4C5C3C1C5(C#N)C42. The van der Waals surface area contributed by atoms with Crippen molar-refractivity contribution >= 4 is 0 Å². The van der Waals surface area contributed by atoms with Crippen LogP contribution >= 0.6 is 0 Å². The maximum absolute atomic E-state index is 9.70. The molecule has 0 saturated heterocycles. The Bertz CT molecular complexity index is 738. The number of rotatable bonds is 0. The summed E-state index contributed by atoms with van der Waals surface area (Å²) in [6.07, 6.45) is 0. The molecular weight excluding hydrogens is 220 g/mol. The lowest BCUT2D eigenvalue weighted by Crippen LogP contribution is -2.97. The van der Waals surface area contributed by atoms with Crippen LogP contribution in [0, 0.1) is 57.2 Å². The molecule has 18 heavy (non-hydrogen) atoms. The molecule has 1 aromatic rings. The van der Waals surface area contributed by atoms with Gasteiger partial charge in [-0.2, -0.15) is 10.5 Å². The molecule has 0 aromatic heterocycles. The van der Waals surface area contributed by atoms with Gasteiger partial charge < -0.3 is 0 Å². The molecule has 0 aliphatic heterocycles. The Kier molecular flexibility index (Phi) is 0.877. The minimum absolute atomic E-state index is 0.0743. The molecule has 8 atom stereocenters. The summed E-state index contributed by atoms with van der Waals surface area (Å²) in [5, 5.41) is 19.2. The van der Waals surface area contributed by atoms with E-state index in [4.69, 9.17) is 0 Å². The molecule has 1 aromatic carbocycles. The Morgan fingerprint density at radius 2 is 1.67 bits per heavy atom. The molecule has 0 radical (unpaired) electrons. The van der Waals surface area contributed by atoms with E-state index in [0.29, 0.717) is 35.5 Å². The maximum Gasteiger partial charge on any atom is 0.0741 e. The van der Waals surface area contributed by atoms with Gasteiger partial charge in [-0.1, -0.05) is 24.3 Å². The van der Waals surface area contributed by atoms with Crippen LogP contribution in [0.25, 0.3) is 0 Å². The van der Waals surface area contributed by atoms with Crippen LogP contribution in [0.15, 0.2) is 24.3 Å². The van der Waals surface area contributed by atoms with E-state index in [2.05, 4.69) is 36.4 Å². The molecule has 2 bridgehead atoms. The normalized spacial score (nSPS) is 61.7. The van der Waals surface area contributed by atoms with Crippen LogP contribution in [0.3, 0.4) is 0 Å². The van der Waals surface area contributed by atoms with Crippen LogP contribution in [-0.4, -0.2) is 0 Å². The van der Waals surface area contributed by atoms with Crippen molar-refractivity contribution in [3.8, 4) is 12.1 Å². The lowest BCUT2D eigenvalue weighted by Gasteiger charge is -2.98. The van der Waals surface area contributed by atoms with Gasteiger partial charge in [-0.3, -0.25) is 0 Å². The van der Waals surface area contributed by atoms with Gasteiger partial charge in [0.2, 0.25) is 0 Å². The van der Waals surface area contributed by atoms with Crippen molar-refractivity contribution in [2.24, 2.45) is 34.5 Å². The molecule has 2 heteroatoms. The van der Waals surface area contributed by atoms with Gasteiger partial charge in [0.1, 0.15) is 0 Å². The highest BCUT2D eigenvalue weighted by Crippen LogP contribution is 3.03. The molecule has 0 N–H and O–H groups in total. The van der Waals surface area contributed by atoms with E-state index in [1.165, 1.54) is 11.1 Å². The lowest BCUT2D eigenvalue weighted by molar-refractivity contribution is -0.478. The van der Waals surface area contributed by atoms with Gasteiger partial charge in [-0.15, -0.1) is 0 Å². The Morgan fingerprint density at radius 3 is 2.39 bits per heavy atom. The zero-order chi connectivity index (χ0) is 11.9. The second kappa shape index (κ2) is 1.90. The Hall–Kier alpha value is -1.80. The fourth-order valence-electron chi connectivity index (χ4n) is 7.10. The van der Waals surface area contributed by atoms with Gasteiger partial charge in [0.15, 0.2) is 0 Å². The van der Waals surface area contributed by atoms with Crippen molar-refractivity contribution in [2.75, 3.05) is 0 Å². The summed E-state index contributed by atoms with van der Waals surface area (Å²) < 4.78 is 0. The average molecular weight is 230 g/mol. The number of nitrogens with zero attached hydrogens (tertiary/aromatic N) is 2. The lowest BCUT2D eigenvalue weighted by atomic mass is 9.02. The predicted molar refractivity (Wildman–Crippen MR) is 62.0 cm³/mol. The van der Waals surface area contributed by atoms with Crippen molar-refractivity contribution in [3.63, 3.8) is 0 Å². The van der Waals surface area contributed by atoms with Crippen molar-refractivity contribution in [1.29, 1.82) is 10.5 Å². The second-order valence-corrected chi connectivity index (χ2v) is 6.78. The van der Waals surface area contributed by atoms with Crippen molar-refractivity contribution in [3.05, 3.63) is 35.4 Å². The predicted octanol–water partition coefficient (Wildman–Crippen LogP) is 2.41. The highest BCUT2D eigenvalue weighted by molar-refractivity contribution is 5.66. The first-order valence-corrected chi connectivity index (χ1v) is 6.75. The van der Waals surface area contributed by atoms with Crippen LogP contribution in [0.1, 0.15) is 23.0 Å². The molecule has 0 amide bonds. The van der Waals surface area contributed by atoms with Gasteiger partial charge in [-0.05, 0) is 28.9 Å². The highest BCUT2D eigenvalue weighted by Gasteiger charge is 3.03. The first-order valence-electron chi connectivity index (χ1n) is 6.75. The minimum atomic E-state index is -0.145. The molecule has 0 heterocycles. The maximum atomic E-state index is 9.70. The van der Waals surface area contributed by atoms with E-state index < -0.39 is 0 Å². The molecule has 4 saturated carbocycles. The number of hydrogen-bond acceptors (Lipinski definition) is 2. The van der Waals surface area contributed by atoms with Crippen LogP contribution in [0.5, 0.6) is 0 Å². The van der Waals surface area contributed by atoms with Crippen LogP contribution < -0.4 is 0 Å². The van der Waals surface area contributed by atoms with E-state index >= 15 is 0 Å². The zero-order valence-electron chi connectivity index (χ0n) is 9.67. The molecule has 84 valence electrons. The highest BCUT2D eigenvalue weighted by atomic mass is 15.0. The average Bonchev–Trinajstić information content (AvgIpc) is 2.40. The molecular formula is C16H10N2. The number of hydrogen-bond donors (Lipinski definition) is 0. The Morgan fingerprint density at radius 1 is 0.944 bits per heavy atom. The fraction of sp³-hybridized carbons (Fsp3) is 0.500. The molecule has 4 fully saturated rings. The summed E-state index contributed by atoms with van der Waals surface area (Å²) >= 11 is 0. The van der Waals surface area contributed by atoms with Gasteiger partial charge in [0.25, 0.3) is 0 Å². The largest absolute Gasteiger partial charge is 0.198 e. The van der Waals surface area contributed by atoms with E-state index in [0.717, 1.165) is 0 Å². The smallest absolute Gasteiger partial charge is 0.0741 e. The molecule has 6 aliphatic carbocycles. The molecule has 8 unspecified atom stereocenters. The Labute approximate surface area is 105 Å². The van der Waals surface area contributed by atoms with Gasteiger partial charge in [0.05, 0.1) is 23.0 Å². The first-order chi connectivity index (χ1) is 8.84. The van der Waals surface area contributed by atoms with Crippen LogP contribution in [-0.2, 0) is 0 Å². The topological polar surface area (TPSA) is 47.6 Å². The third kappa shape index (κ3) is 0.394. The summed E-state index contributed by atoms with van der Waals surface area (Å²) in [6, 6.07) is 13.9. The number of nitriles is 2. The summed E-state index contributed by atoms with van der Waals surface area (Å²) in [5.41, 5.74) is 2.68. The summed E-state index contributed by atoms with van der Waals surface area (Å²) in [6.45, 7) is 0. The van der Waals surface area contributed by atoms with Gasteiger partial charge >= 0.3 is 0 Å². The molecule has 7 rings (SSSR count).